The standard InChI is InChI=1S/C9H6ClF3N4O/c1-14-8-16-7(17-18-8)6-5(10)2-4(3-15-6)9(11,12)13/h2-3H,1H3,(H,14,16,17). The summed E-state index contributed by atoms with van der Waals surface area (Å²) in [4.78, 5) is 7.43. The first-order valence-corrected chi connectivity index (χ1v) is 5.04. The molecular weight excluding hydrogens is 273 g/mol. The minimum atomic E-state index is -4.50. The molecule has 2 aromatic heterocycles. The second-order valence-electron chi connectivity index (χ2n) is 3.23. The molecule has 2 heterocycles. The topological polar surface area (TPSA) is 63.8 Å². The van der Waals surface area contributed by atoms with Crippen LogP contribution in [0.25, 0.3) is 11.5 Å². The minimum Gasteiger partial charge on any atom is -0.341 e. The van der Waals surface area contributed by atoms with Gasteiger partial charge in [-0.05, 0) is 6.07 Å². The number of anilines is 1. The number of alkyl halides is 3. The summed E-state index contributed by atoms with van der Waals surface area (Å²) in [6, 6.07) is 0.877. The average Bonchev–Trinajstić information content (AvgIpc) is 2.76. The van der Waals surface area contributed by atoms with Crippen molar-refractivity contribution in [3.8, 4) is 11.5 Å². The number of pyridine rings is 1. The summed E-state index contributed by atoms with van der Waals surface area (Å²) < 4.78 is 41.9. The van der Waals surface area contributed by atoms with E-state index in [4.69, 9.17) is 16.1 Å². The third-order valence-corrected chi connectivity index (χ3v) is 2.31. The Balaban J connectivity index is 2.41. The molecule has 1 N–H and O–H groups in total. The van der Waals surface area contributed by atoms with Gasteiger partial charge in [0.15, 0.2) is 0 Å². The highest BCUT2D eigenvalue weighted by Gasteiger charge is 2.32. The molecule has 0 saturated carbocycles. The molecule has 0 fully saturated rings. The van der Waals surface area contributed by atoms with Crippen molar-refractivity contribution in [3.05, 3.63) is 22.8 Å². The first kappa shape index (κ1) is 12.6. The summed E-state index contributed by atoms with van der Waals surface area (Å²) in [7, 11) is 1.55. The Kier molecular flexibility index (Phi) is 3.12. The maximum absolute atomic E-state index is 12.4. The van der Waals surface area contributed by atoms with Crippen LogP contribution in [0.3, 0.4) is 0 Å². The fraction of sp³-hybridized carbons (Fsp3) is 0.222. The quantitative estimate of drug-likeness (QED) is 0.915. The Hall–Kier alpha value is -1.83. The molecule has 2 rings (SSSR count). The normalized spacial score (nSPS) is 11.6. The van der Waals surface area contributed by atoms with Gasteiger partial charge in [-0.25, -0.2) is 0 Å². The third kappa shape index (κ3) is 2.37. The Labute approximate surface area is 104 Å². The lowest BCUT2D eigenvalue weighted by Gasteiger charge is -2.07. The number of aromatic nitrogens is 3. The van der Waals surface area contributed by atoms with Gasteiger partial charge in [-0.3, -0.25) is 4.98 Å². The van der Waals surface area contributed by atoms with Crippen LogP contribution in [0.4, 0.5) is 19.2 Å². The van der Waals surface area contributed by atoms with E-state index in [2.05, 4.69) is 20.4 Å². The molecule has 0 spiro atoms. The maximum atomic E-state index is 12.4. The predicted molar refractivity (Wildman–Crippen MR) is 57.1 cm³/mol. The number of halogens is 4. The SMILES string of the molecule is CNc1nc(-c2ncc(C(F)(F)F)cc2Cl)no1. The van der Waals surface area contributed by atoms with Crippen LogP contribution in [0.2, 0.25) is 5.02 Å². The molecule has 0 aliphatic carbocycles. The van der Waals surface area contributed by atoms with Crippen LogP contribution >= 0.6 is 11.6 Å². The second kappa shape index (κ2) is 4.45. The third-order valence-electron chi connectivity index (χ3n) is 2.02. The van der Waals surface area contributed by atoms with Crippen molar-refractivity contribution in [2.75, 3.05) is 12.4 Å². The number of nitrogens with one attached hydrogen (secondary N) is 1. The van der Waals surface area contributed by atoms with E-state index in [1.807, 2.05) is 0 Å². The Bertz CT molecular complexity index is 569. The maximum Gasteiger partial charge on any atom is 0.417 e. The van der Waals surface area contributed by atoms with Gasteiger partial charge >= 0.3 is 12.2 Å². The summed E-state index contributed by atoms with van der Waals surface area (Å²) in [5.41, 5.74) is -0.913. The Morgan fingerprint density at radius 1 is 1.39 bits per heavy atom. The van der Waals surface area contributed by atoms with Crippen LogP contribution in [-0.4, -0.2) is 22.2 Å². The summed E-state index contributed by atoms with van der Waals surface area (Å²) in [5, 5.41) is 5.91. The van der Waals surface area contributed by atoms with Gasteiger partial charge in [-0.15, -0.1) is 0 Å². The van der Waals surface area contributed by atoms with Gasteiger partial charge in [0.25, 0.3) is 0 Å². The zero-order valence-corrected chi connectivity index (χ0v) is 9.67. The Morgan fingerprint density at radius 2 is 2.11 bits per heavy atom. The van der Waals surface area contributed by atoms with E-state index >= 15 is 0 Å². The molecule has 0 saturated heterocycles. The van der Waals surface area contributed by atoms with Crippen LogP contribution in [0.1, 0.15) is 5.56 Å². The highest BCUT2D eigenvalue weighted by molar-refractivity contribution is 6.32. The fourth-order valence-electron chi connectivity index (χ4n) is 1.18. The van der Waals surface area contributed by atoms with E-state index in [0.717, 1.165) is 6.07 Å². The first-order chi connectivity index (χ1) is 8.41. The van der Waals surface area contributed by atoms with Crippen molar-refractivity contribution >= 4 is 17.6 Å². The van der Waals surface area contributed by atoms with E-state index < -0.39 is 11.7 Å². The lowest BCUT2D eigenvalue weighted by molar-refractivity contribution is -0.137. The van der Waals surface area contributed by atoms with Crippen LogP contribution in [0.15, 0.2) is 16.8 Å². The van der Waals surface area contributed by atoms with Gasteiger partial charge in [-0.2, -0.15) is 18.2 Å². The number of hydrogen-bond donors (Lipinski definition) is 1. The lowest BCUT2D eigenvalue weighted by Crippen LogP contribution is -2.06. The van der Waals surface area contributed by atoms with Crippen molar-refractivity contribution in [1.82, 2.24) is 15.1 Å². The van der Waals surface area contributed by atoms with E-state index in [1.54, 1.807) is 7.05 Å². The molecule has 0 atom stereocenters. The fourth-order valence-corrected chi connectivity index (χ4v) is 1.43. The molecule has 0 bridgehead atoms. The molecule has 0 amide bonds. The number of hydrogen-bond acceptors (Lipinski definition) is 5. The second-order valence-corrected chi connectivity index (χ2v) is 3.63. The van der Waals surface area contributed by atoms with Gasteiger partial charge < -0.3 is 9.84 Å². The zero-order chi connectivity index (χ0) is 13.3. The lowest BCUT2D eigenvalue weighted by atomic mass is 10.2. The van der Waals surface area contributed by atoms with Crippen LogP contribution in [0, 0.1) is 0 Å². The molecule has 5 nitrogen and oxygen atoms in total. The first-order valence-electron chi connectivity index (χ1n) is 4.66. The number of nitrogens with zero attached hydrogens (tertiary/aromatic N) is 3. The van der Waals surface area contributed by atoms with Crippen molar-refractivity contribution in [2.24, 2.45) is 0 Å². The summed E-state index contributed by atoms with van der Waals surface area (Å²) in [6.45, 7) is 0. The van der Waals surface area contributed by atoms with Crippen molar-refractivity contribution in [1.29, 1.82) is 0 Å². The van der Waals surface area contributed by atoms with Crippen molar-refractivity contribution in [2.45, 2.75) is 6.18 Å². The smallest absolute Gasteiger partial charge is 0.341 e. The van der Waals surface area contributed by atoms with Crippen molar-refractivity contribution in [3.63, 3.8) is 0 Å². The minimum absolute atomic E-state index is 0.0121. The summed E-state index contributed by atoms with van der Waals surface area (Å²) in [5.74, 6) is 0.0121. The summed E-state index contributed by atoms with van der Waals surface area (Å²) in [6.07, 6.45) is -3.83. The highest BCUT2D eigenvalue weighted by atomic mass is 35.5. The highest BCUT2D eigenvalue weighted by Crippen LogP contribution is 2.33. The molecule has 9 heteroatoms. The van der Waals surface area contributed by atoms with Crippen LogP contribution in [-0.2, 0) is 6.18 Å². The predicted octanol–water partition coefficient (Wildman–Crippen LogP) is 2.85. The van der Waals surface area contributed by atoms with Gasteiger partial charge in [0.1, 0.15) is 5.69 Å². The average molecular weight is 279 g/mol. The van der Waals surface area contributed by atoms with Crippen LogP contribution in [0.5, 0.6) is 0 Å². The monoisotopic (exact) mass is 278 g/mol. The molecule has 0 radical (unpaired) electrons. The van der Waals surface area contributed by atoms with Crippen LogP contribution < -0.4 is 5.32 Å². The molecule has 0 aromatic carbocycles. The number of rotatable bonds is 2. The summed E-state index contributed by atoms with van der Waals surface area (Å²) >= 11 is 5.72. The van der Waals surface area contributed by atoms with E-state index in [1.165, 1.54) is 0 Å². The zero-order valence-electron chi connectivity index (χ0n) is 8.92. The van der Waals surface area contributed by atoms with Gasteiger partial charge in [0, 0.05) is 13.2 Å². The largest absolute Gasteiger partial charge is 0.417 e. The van der Waals surface area contributed by atoms with Gasteiger partial charge in [0.05, 0.1) is 10.6 Å². The molecule has 2 aromatic rings. The van der Waals surface area contributed by atoms with Gasteiger partial charge in [0.2, 0.25) is 5.82 Å². The van der Waals surface area contributed by atoms with Crippen molar-refractivity contribution < 1.29 is 17.7 Å². The van der Waals surface area contributed by atoms with E-state index in [9.17, 15) is 13.2 Å². The molecule has 18 heavy (non-hydrogen) atoms. The molecule has 96 valence electrons. The van der Waals surface area contributed by atoms with E-state index in [0.29, 0.717) is 6.20 Å². The molecular formula is C9H6ClF3N4O. The molecule has 0 unspecified atom stereocenters. The van der Waals surface area contributed by atoms with E-state index in [-0.39, 0.29) is 22.6 Å². The molecule has 0 aliphatic rings. The molecule has 0 aliphatic heterocycles. The Morgan fingerprint density at radius 3 is 2.61 bits per heavy atom. The van der Waals surface area contributed by atoms with Gasteiger partial charge in [-0.1, -0.05) is 16.8 Å².